The second kappa shape index (κ2) is 6.71. The van der Waals surface area contributed by atoms with Gasteiger partial charge < -0.3 is 5.32 Å². The molecule has 3 heteroatoms. The number of carbonyl (C=O) groups is 1. The fraction of sp³-hybridized carbons (Fsp3) is 0.562. The van der Waals surface area contributed by atoms with Crippen LogP contribution in [0.25, 0.3) is 0 Å². The van der Waals surface area contributed by atoms with E-state index in [2.05, 4.69) is 41.4 Å². The normalized spacial score (nSPS) is 17.4. The molecule has 1 aromatic rings. The highest BCUT2D eigenvalue weighted by molar-refractivity contribution is 5.78. The van der Waals surface area contributed by atoms with E-state index in [4.69, 9.17) is 0 Å². The lowest BCUT2D eigenvalue weighted by Gasteiger charge is -2.31. The van der Waals surface area contributed by atoms with Gasteiger partial charge in [-0.3, -0.25) is 9.69 Å². The van der Waals surface area contributed by atoms with Crippen LogP contribution < -0.4 is 5.32 Å². The number of aryl methyl sites for hydroxylation is 1. The van der Waals surface area contributed by atoms with Crippen molar-refractivity contribution in [2.45, 2.75) is 33.2 Å². The Bertz CT molecular complexity index is 423. The SMILES string of the molecule is CCNC(=O)C1CCN(Cc2ccccc2C)CC1. The van der Waals surface area contributed by atoms with Crippen LogP contribution in [0.1, 0.15) is 30.9 Å². The average Bonchev–Trinajstić information content (AvgIpc) is 2.42. The third-order valence-corrected chi connectivity index (χ3v) is 3.96. The van der Waals surface area contributed by atoms with Crippen molar-refractivity contribution in [1.82, 2.24) is 10.2 Å². The minimum absolute atomic E-state index is 0.216. The highest BCUT2D eigenvalue weighted by atomic mass is 16.1. The number of hydrogen-bond donors (Lipinski definition) is 1. The summed E-state index contributed by atoms with van der Waals surface area (Å²) in [6.07, 6.45) is 1.97. The largest absolute Gasteiger partial charge is 0.356 e. The molecular weight excluding hydrogens is 236 g/mol. The van der Waals surface area contributed by atoms with Crippen LogP contribution >= 0.6 is 0 Å². The fourth-order valence-electron chi connectivity index (χ4n) is 2.70. The molecule has 0 bridgehead atoms. The van der Waals surface area contributed by atoms with E-state index in [-0.39, 0.29) is 11.8 Å². The van der Waals surface area contributed by atoms with Crippen molar-refractivity contribution in [3.8, 4) is 0 Å². The Morgan fingerprint density at radius 3 is 2.63 bits per heavy atom. The van der Waals surface area contributed by atoms with Gasteiger partial charge in [0.25, 0.3) is 0 Å². The van der Waals surface area contributed by atoms with Gasteiger partial charge in [0.05, 0.1) is 0 Å². The van der Waals surface area contributed by atoms with Gasteiger partial charge in [-0.2, -0.15) is 0 Å². The molecule has 1 aliphatic heterocycles. The Morgan fingerprint density at radius 1 is 1.32 bits per heavy atom. The van der Waals surface area contributed by atoms with Crippen molar-refractivity contribution < 1.29 is 4.79 Å². The van der Waals surface area contributed by atoms with Crippen LogP contribution in [-0.2, 0) is 11.3 Å². The molecule has 2 rings (SSSR count). The summed E-state index contributed by atoms with van der Waals surface area (Å²) in [4.78, 5) is 14.2. The maximum atomic E-state index is 11.8. The zero-order valence-corrected chi connectivity index (χ0v) is 12.0. The van der Waals surface area contributed by atoms with E-state index in [9.17, 15) is 4.79 Å². The van der Waals surface area contributed by atoms with Crippen LogP contribution in [0, 0.1) is 12.8 Å². The van der Waals surface area contributed by atoms with Crippen LogP contribution in [0.4, 0.5) is 0 Å². The lowest BCUT2D eigenvalue weighted by Crippen LogP contribution is -2.40. The number of nitrogens with zero attached hydrogens (tertiary/aromatic N) is 1. The number of likely N-dealkylation sites (tertiary alicyclic amines) is 1. The van der Waals surface area contributed by atoms with Crippen molar-refractivity contribution in [3.05, 3.63) is 35.4 Å². The number of rotatable bonds is 4. The molecule has 1 heterocycles. The molecular formula is C16H24N2O. The summed E-state index contributed by atoms with van der Waals surface area (Å²) in [7, 11) is 0. The first kappa shape index (κ1) is 14.1. The van der Waals surface area contributed by atoms with Crippen LogP contribution in [0.2, 0.25) is 0 Å². The lowest BCUT2D eigenvalue weighted by molar-refractivity contribution is -0.126. The Balaban J connectivity index is 1.84. The van der Waals surface area contributed by atoms with Gasteiger partial charge in [0.15, 0.2) is 0 Å². The van der Waals surface area contributed by atoms with E-state index >= 15 is 0 Å². The highest BCUT2D eigenvalue weighted by Gasteiger charge is 2.24. The van der Waals surface area contributed by atoms with Crippen molar-refractivity contribution in [3.63, 3.8) is 0 Å². The average molecular weight is 260 g/mol. The van der Waals surface area contributed by atoms with Crippen LogP contribution in [0.5, 0.6) is 0 Å². The topological polar surface area (TPSA) is 32.3 Å². The predicted octanol–water partition coefficient (Wildman–Crippen LogP) is 2.34. The predicted molar refractivity (Wildman–Crippen MR) is 77.9 cm³/mol. The molecule has 1 amide bonds. The Kier molecular flexibility index (Phi) is 4.97. The number of piperidine rings is 1. The zero-order valence-electron chi connectivity index (χ0n) is 12.0. The zero-order chi connectivity index (χ0) is 13.7. The summed E-state index contributed by atoms with van der Waals surface area (Å²) in [6, 6.07) is 8.55. The van der Waals surface area contributed by atoms with Gasteiger partial charge in [0.1, 0.15) is 0 Å². The molecule has 1 fully saturated rings. The van der Waals surface area contributed by atoms with E-state index < -0.39 is 0 Å². The molecule has 0 radical (unpaired) electrons. The lowest BCUT2D eigenvalue weighted by atomic mass is 9.95. The number of carbonyl (C=O) groups excluding carboxylic acids is 1. The minimum atomic E-state index is 0.216. The molecule has 1 aromatic carbocycles. The number of amides is 1. The molecule has 19 heavy (non-hydrogen) atoms. The maximum Gasteiger partial charge on any atom is 0.223 e. The summed E-state index contributed by atoms with van der Waals surface area (Å²) in [5.41, 5.74) is 2.76. The maximum absolute atomic E-state index is 11.8. The van der Waals surface area contributed by atoms with Crippen molar-refractivity contribution in [2.75, 3.05) is 19.6 Å². The van der Waals surface area contributed by atoms with Crippen LogP contribution in [0.15, 0.2) is 24.3 Å². The molecule has 0 spiro atoms. The molecule has 1 N–H and O–H groups in total. The van der Waals surface area contributed by atoms with E-state index in [1.54, 1.807) is 0 Å². The summed E-state index contributed by atoms with van der Waals surface area (Å²) < 4.78 is 0. The van der Waals surface area contributed by atoms with Gasteiger partial charge in [-0.05, 0) is 50.9 Å². The first-order valence-electron chi connectivity index (χ1n) is 7.25. The van der Waals surface area contributed by atoms with Gasteiger partial charge in [0, 0.05) is 19.0 Å². The van der Waals surface area contributed by atoms with E-state index in [0.717, 1.165) is 39.0 Å². The third kappa shape index (κ3) is 3.80. The molecule has 104 valence electrons. The molecule has 0 unspecified atom stereocenters. The Hall–Kier alpha value is -1.35. The van der Waals surface area contributed by atoms with Crippen molar-refractivity contribution in [2.24, 2.45) is 5.92 Å². The fourth-order valence-corrected chi connectivity index (χ4v) is 2.70. The second-order valence-electron chi connectivity index (χ2n) is 5.37. The van der Waals surface area contributed by atoms with Crippen LogP contribution in [-0.4, -0.2) is 30.4 Å². The molecule has 0 atom stereocenters. The monoisotopic (exact) mass is 260 g/mol. The summed E-state index contributed by atoms with van der Waals surface area (Å²) >= 11 is 0. The van der Waals surface area contributed by atoms with Gasteiger partial charge >= 0.3 is 0 Å². The molecule has 0 aromatic heterocycles. The number of benzene rings is 1. The Labute approximate surface area is 116 Å². The third-order valence-electron chi connectivity index (χ3n) is 3.96. The number of hydrogen-bond acceptors (Lipinski definition) is 2. The standard InChI is InChI=1S/C16H24N2O/c1-3-17-16(19)14-8-10-18(11-9-14)12-15-7-5-4-6-13(15)2/h4-7,14H,3,8-12H2,1-2H3,(H,17,19). The highest BCUT2D eigenvalue weighted by Crippen LogP contribution is 2.20. The summed E-state index contributed by atoms with van der Waals surface area (Å²) in [6.45, 7) is 7.94. The van der Waals surface area contributed by atoms with Gasteiger partial charge in [0.2, 0.25) is 5.91 Å². The number of nitrogens with one attached hydrogen (secondary N) is 1. The molecule has 1 aliphatic rings. The summed E-state index contributed by atoms with van der Waals surface area (Å²) in [5.74, 6) is 0.450. The first-order valence-corrected chi connectivity index (χ1v) is 7.25. The van der Waals surface area contributed by atoms with Gasteiger partial charge in [-0.1, -0.05) is 24.3 Å². The Morgan fingerprint density at radius 2 is 2.00 bits per heavy atom. The van der Waals surface area contributed by atoms with Crippen LogP contribution in [0.3, 0.4) is 0 Å². The smallest absolute Gasteiger partial charge is 0.223 e. The van der Waals surface area contributed by atoms with Gasteiger partial charge in [-0.15, -0.1) is 0 Å². The van der Waals surface area contributed by atoms with E-state index in [1.807, 2.05) is 6.92 Å². The van der Waals surface area contributed by atoms with E-state index in [1.165, 1.54) is 11.1 Å². The van der Waals surface area contributed by atoms with Crippen molar-refractivity contribution in [1.29, 1.82) is 0 Å². The minimum Gasteiger partial charge on any atom is -0.356 e. The second-order valence-corrected chi connectivity index (χ2v) is 5.37. The first-order chi connectivity index (χ1) is 9.20. The van der Waals surface area contributed by atoms with Crippen molar-refractivity contribution >= 4 is 5.91 Å². The molecule has 0 aliphatic carbocycles. The van der Waals surface area contributed by atoms with E-state index in [0.29, 0.717) is 0 Å². The summed E-state index contributed by atoms with van der Waals surface area (Å²) in [5, 5.41) is 2.93. The van der Waals surface area contributed by atoms with Gasteiger partial charge in [-0.25, -0.2) is 0 Å². The molecule has 1 saturated heterocycles. The molecule has 0 saturated carbocycles. The quantitative estimate of drug-likeness (QED) is 0.901. The molecule has 3 nitrogen and oxygen atoms in total.